The number of hydrogen-bond donors (Lipinski definition) is 6. The number of anilines is 9. The molecule has 18 heteroatoms. The third-order valence-corrected chi connectivity index (χ3v) is 14.1. The zero-order valence-electron chi connectivity index (χ0n) is 41.5. The van der Waals surface area contributed by atoms with Crippen LogP contribution in [0.3, 0.4) is 0 Å². The number of esters is 3. The quantitative estimate of drug-likeness (QED) is 0.0672. The molecule has 3 atom stereocenters. The van der Waals surface area contributed by atoms with Crippen LogP contribution in [0.2, 0.25) is 0 Å². The third kappa shape index (κ3) is 8.66. The van der Waals surface area contributed by atoms with Gasteiger partial charge in [0.25, 0.3) is 0 Å². The van der Waals surface area contributed by atoms with Crippen molar-refractivity contribution in [1.82, 2.24) is 15.0 Å². The summed E-state index contributed by atoms with van der Waals surface area (Å²) in [6.45, 7) is 0. The van der Waals surface area contributed by atoms with Crippen LogP contribution in [0.15, 0.2) is 182 Å². The summed E-state index contributed by atoms with van der Waals surface area (Å²) in [4.78, 5) is 56.8. The van der Waals surface area contributed by atoms with Gasteiger partial charge in [0.15, 0.2) is 17.2 Å². The smallest absolute Gasteiger partial charge is 0.328 e. The molecule has 0 fully saturated rings. The van der Waals surface area contributed by atoms with Gasteiger partial charge in [-0.05, 0) is 69.2 Å². The molecule has 384 valence electrons. The van der Waals surface area contributed by atoms with Crippen LogP contribution in [-0.2, 0) is 33.6 Å². The first-order valence-electron chi connectivity index (χ1n) is 25.3. The van der Waals surface area contributed by atoms with Gasteiger partial charge in [-0.1, -0.05) is 146 Å². The molecule has 9 aromatic carbocycles. The molecule has 0 radical (unpaired) electrons. The second-order valence-corrected chi connectivity index (χ2v) is 19.1. The predicted octanol–water partition coefficient (Wildman–Crippen LogP) is 9.19. The number of nitrogens with two attached hydrogens (primary N) is 3. The Kier molecular flexibility index (Phi) is 11.9. The molecule has 9 N–H and O–H groups in total. The van der Waals surface area contributed by atoms with Gasteiger partial charge in [-0.2, -0.15) is 15.0 Å². The minimum atomic E-state index is -0.996. The Morgan fingerprint density at radius 3 is 0.936 bits per heavy atom. The van der Waals surface area contributed by atoms with Crippen LogP contribution in [0.25, 0.3) is 32.3 Å². The number of nitrogens with zero attached hydrogens (tertiary/aromatic N) is 6. The van der Waals surface area contributed by atoms with E-state index in [1.54, 1.807) is 33.2 Å². The zero-order valence-corrected chi connectivity index (χ0v) is 41.5. The van der Waals surface area contributed by atoms with Crippen LogP contribution in [-0.4, -0.2) is 51.0 Å². The van der Waals surface area contributed by atoms with E-state index in [4.69, 9.17) is 46.4 Å². The average Bonchev–Trinajstić information content (AvgIpc) is 3.73. The van der Waals surface area contributed by atoms with Crippen molar-refractivity contribution in [3.63, 3.8) is 0 Å². The molecular weight excluding hydrogens is 985 g/mol. The first kappa shape index (κ1) is 47.6. The van der Waals surface area contributed by atoms with Crippen molar-refractivity contribution in [2.75, 3.05) is 31.3 Å². The fraction of sp³-hybridized carbons (Fsp3) is 0.100. The highest BCUT2D eigenvalue weighted by molar-refractivity contribution is 6.04. The Morgan fingerprint density at radius 1 is 0.359 bits per heavy atom. The molecule has 0 aliphatic carbocycles. The Morgan fingerprint density at radius 2 is 0.628 bits per heavy atom. The molecule has 0 spiro atoms. The van der Waals surface area contributed by atoms with Gasteiger partial charge in [-0.25, -0.2) is 29.4 Å². The summed E-state index contributed by atoms with van der Waals surface area (Å²) >= 11 is 0. The summed E-state index contributed by atoms with van der Waals surface area (Å²) in [6.07, 6.45) is 0.422. The molecule has 10 aromatic rings. The zero-order chi connectivity index (χ0) is 53.0. The highest BCUT2D eigenvalue weighted by Gasteiger charge is 2.33. The van der Waals surface area contributed by atoms with Gasteiger partial charge in [-0.3, -0.25) is 16.3 Å². The standard InChI is InChI=1S/C60H48N12O6/c61-43-31-37-16-4-10-22-46(37)70(52-40-19-7-1-13-34(40)25-28-49(52)76-55(43)73)67-58-64-59(68-71-47-23-11-5-17-38(47)32-44(62)56(74)77-50-29-26-35-14-2-8-20-41(35)53(50)71)66-60(65-58)69-72-48-24-12-6-18-39(48)33-45(63)57(75)78-51-30-27-36-15-3-9-21-42(36)54(51)72/h1-30,43-45H,31-33,61-63H2,(H3,64,65,66,67,68,69). The van der Waals surface area contributed by atoms with E-state index in [1.165, 1.54) is 0 Å². The van der Waals surface area contributed by atoms with Crippen molar-refractivity contribution in [1.29, 1.82) is 0 Å². The number of hydrazine groups is 3. The van der Waals surface area contributed by atoms with Crippen LogP contribution in [0.5, 0.6) is 17.2 Å². The van der Waals surface area contributed by atoms with E-state index in [0.717, 1.165) is 49.0 Å². The maximum atomic E-state index is 13.8. The fourth-order valence-corrected chi connectivity index (χ4v) is 10.4. The number of aromatic nitrogens is 3. The van der Waals surface area contributed by atoms with E-state index in [-0.39, 0.29) is 54.4 Å². The third-order valence-electron chi connectivity index (χ3n) is 14.1. The molecule has 78 heavy (non-hydrogen) atoms. The first-order valence-corrected chi connectivity index (χ1v) is 25.3. The average molecular weight is 1030 g/mol. The van der Waals surface area contributed by atoms with Crippen LogP contribution in [0.1, 0.15) is 16.7 Å². The molecular formula is C60H48N12O6. The van der Waals surface area contributed by atoms with Crippen molar-refractivity contribution < 1.29 is 28.6 Å². The van der Waals surface area contributed by atoms with E-state index < -0.39 is 36.0 Å². The summed E-state index contributed by atoms with van der Waals surface area (Å²) < 4.78 is 18.5. The lowest BCUT2D eigenvalue weighted by molar-refractivity contribution is -0.136. The summed E-state index contributed by atoms with van der Waals surface area (Å²) in [5, 5.41) is 10.2. The van der Waals surface area contributed by atoms with Gasteiger partial charge in [-0.15, -0.1) is 0 Å². The number of fused-ring (bicyclic) bond motifs is 12. The number of hydrogen-bond acceptors (Lipinski definition) is 18. The van der Waals surface area contributed by atoms with Crippen LogP contribution in [0.4, 0.5) is 52.0 Å². The number of ether oxygens (including phenoxy) is 3. The van der Waals surface area contributed by atoms with Crippen molar-refractivity contribution in [2.24, 2.45) is 17.2 Å². The lowest BCUT2D eigenvalue weighted by Crippen LogP contribution is -2.36. The molecule has 18 nitrogen and oxygen atoms in total. The van der Waals surface area contributed by atoms with Gasteiger partial charge in [0.1, 0.15) is 35.2 Å². The Labute approximate surface area is 445 Å². The lowest BCUT2D eigenvalue weighted by Gasteiger charge is -2.32. The van der Waals surface area contributed by atoms with Gasteiger partial charge in [0, 0.05) is 35.4 Å². The van der Waals surface area contributed by atoms with E-state index in [1.807, 2.05) is 164 Å². The van der Waals surface area contributed by atoms with Crippen molar-refractivity contribution in [2.45, 2.75) is 37.4 Å². The maximum Gasteiger partial charge on any atom is 0.328 e. The summed E-state index contributed by atoms with van der Waals surface area (Å²) in [6, 6.07) is 53.9. The molecule has 13 rings (SSSR count). The van der Waals surface area contributed by atoms with Crippen molar-refractivity contribution in [3.8, 4) is 17.2 Å². The summed E-state index contributed by atoms with van der Waals surface area (Å²) in [7, 11) is 0. The van der Waals surface area contributed by atoms with E-state index in [2.05, 4.69) is 16.3 Å². The number of nitrogens with one attached hydrogen (secondary N) is 3. The fourth-order valence-electron chi connectivity index (χ4n) is 10.4. The molecule has 0 amide bonds. The van der Waals surface area contributed by atoms with Gasteiger partial charge in [0.05, 0.1) is 17.1 Å². The second-order valence-electron chi connectivity index (χ2n) is 19.1. The number of benzene rings is 9. The molecule has 0 saturated heterocycles. The van der Waals surface area contributed by atoms with E-state index in [0.29, 0.717) is 34.1 Å². The van der Waals surface area contributed by atoms with E-state index >= 15 is 0 Å². The van der Waals surface area contributed by atoms with Gasteiger partial charge in [0.2, 0.25) is 17.8 Å². The molecule has 0 bridgehead atoms. The maximum absolute atomic E-state index is 13.8. The van der Waals surface area contributed by atoms with Crippen LogP contribution < -0.4 is 62.7 Å². The highest BCUT2D eigenvalue weighted by atomic mass is 16.5. The van der Waals surface area contributed by atoms with Gasteiger partial charge < -0.3 is 31.4 Å². The lowest BCUT2D eigenvalue weighted by atomic mass is 10.0. The summed E-state index contributed by atoms with van der Waals surface area (Å²) in [5.74, 6) is -1.09. The molecule has 3 aliphatic heterocycles. The largest absolute Gasteiger partial charge is 0.423 e. The number of carbonyl (C=O) groups excluding carboxylic acids is 3. The number of para-hydroxylation sites is 3. The highest BCUT2D eigenvalue weighted by Crippen LogP contribution is 2.46. The molecule has 4 heterocycles. The van der Waals surface area contributed by atoms with Gasteiger partial charge >= 0.3 is 17.9 Å². The summed E-state index contributed by atoms with van der Waals surface area (Å²) in [5.41, 5.74) is 35.9. The van der Waals surface area contributed by atoms with Crippen molar-refractivity contribution in [3.05, 3.63) is 199 Å². The monoisotopic (exact) mass is 1030 g/mol. The molecule has 1 aromatic heterocycles. The van der Waals surface area contributed by atoms with Crippen LogP contribution >= 0.6 is 0 Å². The Hall–Kier alpha value is -10.1. The number of carbonyl (C=O) groups is 3. The molecule has 0 saturated carbocycles. The SMILES string of the molecule is NC1Cc2ccccc2N(Nc2nc(NN3c4ccccc4CC(N)C(=O)Oc4ccc5ccccc5c43)nc(NN3c4ccccc4CC(N)C(=O)Oc4ccc5ccccc5c43)n2)c2c(ccc3ccccc23)OC1=O. The normalized spacial score (nSPS) is 17.2. The molecule has 3 aliphatic rings. The minimum absolute atomic E-state index is 0.00634. The molecule has 3 unspecified atom stereocenters. The second kappa shape index (κ2) is 19.5. The number of rotatable bonds is 6. The van der Waals surface area contributed by atoms with Crippen molar-refractivity contribution >= 4 is 102 Å². The topological polar surface area (TPSA) is 241 Å². The first-order chi connectivity index (χ1) is 38.1. The predicted molar refractivity (Wildman–Crippen MR) is 300 cm³/mol. The van der Waals surface area contributed by atoms with Crippen LogP contribution in [0, 0.1) is 0 Å². The Bertz CT molecular complexity index is 3640. The minimum Gasteiger partial charge on any atom is -0.423 e. The Balaban J connectivity index is 1.05. The van der Waals surface area contributed by atoms with E-state index in [9.17, 15) is 14.4 Å².